The molecule has 1 aliphatic heterocycles. The largest absolute Gasteiger partial charge is 0.370 e. The molecule has 3 aromatic rings. The van der Waals surface area contributed by atoms with E-state index in [0.717, 1.165) is 22.6 Å². The number of anilines is 1. The number of ether oxygens (including phenoxy) is 1. The molecule has 0 bridgehead atoms. The van der Waals surface area contributed by atoms with E-state index >= 15 is 0 Å². The minimum Gasteiger partial charge on any atom is -0.370 e. The van der Waals surface area contributed by atoms with Gasteiger partial charge in [0.25, 0.3) is 0 Å². The van der Waals surface area contributed by atoms with Gasteiger partial charge in [-0.2, -0.15) is 10.1 Å². The minimum atomic E-state index is -2.29. The first-order valence-corrected chi connectivity index (χ1v) is 10.5. The second-order valence-electron chi connectivity index (χ2n) is 8.49. The fourth-order valence-corrected chi connectivity index (χ4v) is 4.28. The van der Waals surface area contributed by atoms with Gasteiger partial charge in [-0.3, -0.25) is 4.68 Å². The molecule has 1 aliphatic carbocycles. The third-order valence-electron chi connectivity index (χ3n) is 6.32. The molecule has 0 N–H and O–H groups in total. The summed E-state index contributed by atoms with van der Waals surface area (Å²) in [7, 11) is 1.87. The Morgan fingerprint density at radius 3 is 2.58 bits per heavy atom. The van der Waals surface area contributed by atoms with Crippen LogP contribution in [0.3, 0.4) is 0 Å². The van der Waals surface area contributed by atoms with E-state index in [0.29, 0.717) is 49.7 Å². The molecule has 0 unspecified atom stereocenters. The van der Waals surface area contributed by atoms with Crippen LogP contribution in [0.2, 0.25) is 0 Å². The summed E-state index contributed by atoms with van der Waals surface area (Å²) in [6.07, 6.45) is 2.15. The van der Waals surface area contributed by atoms with Crippen LogP contribution < -0.4 is 4.90 Å². The van der Waals surface area contributed by atoms with Gasteiger partial charge in [0.15, 0.2) is 5.65 Å². The Morgan fingerprint density at radius 2 is 1.87 bits per heavy atom. The lowest BCUT2D eigenvalue weighted by atomic mass is 9.73. The average Bonchev–Trinajstić information content (AvgIpc) is 3.14. The first-order valence-electron chi connectivity index (χ1n) is 10.5. The lowest BCUT2D eigenvalue weighted by molar-refractivity contribution is 0.0220. The summed E-state index contributed by atoms with van der Waals surface area (Å²) >= 11 is 0. The SMILES string of the molecule is Cc1nc2nc(N3CCO[C@@H](c4cnn(C)c4)C3)nc([C@H]3C[C@H](C(F)F)C3)c2nc1C. The van der Waals surface area contributed by atoms with Crippen molar-refractivity contribution in [3.63, 3.8) is 0 Å². The van der Waals surface area contributed by atoms with Crippen LogP contribution in [0.5, 0.6) is 0 Å². The van der Waals surface area contributed by atoms with Gasteiger partial charge in [-0.25, -0.2) is 23.7 Å². The van der Waals surface area contributed by atoms with Gasteiger partial charge in [-0.1, -0.05) is 0 Å². The molecule has 5 rings (SSSR count). The molecule has 1 saturated heterocycles. The van der Waals surface area contributed by atoms with E-state index in [4.69, 9.17) is 14.7 Å². The van der Waals surface area contributed by atoms with Crippen molar-refractivity contribution in [2.45, 2.75) is 45.1 Å². The average molecular weight is 429 g/mol. The standard InChI is InChI=1S/C21H25F2N7O/c1-11-12(2)26-20-18(25-11)17(13-6-14(7-13)19(22)23)27-21(28-20)30-4-5-31-16(10-30)15-8-24-29(3)9-15/h8-9,13-14,16,19H,4-7,10H2,1-3H3/t13-,14-,16-/m1/s1. The van der Waals surface area contributed by atoms with Gasteiger partial charge < -0.3 is 9.64 Å². The molecule has 0 aromatic carbocycles. The number of aromatic nitrogens is 6. The monoisotopic (exact) mass is 429 g/mol. The highest BCUT2D eigenvalue weighted by Crippen LogP contribution is 2.45. The Balaban J connectivity index is 1.50. The molecule has 2 aliphatic rings. The summed E-state index contributed by atoms with van der Waals surface area (Å²) in [4.78, 5) is 20.9. The van der Waals surface area contributed by atoms with E-state index in [1.807, 2.05) is 27.1 Å². The summed E-state index contributed by atoms with van der Waals surface area (Å²) in [5.74, 6) is -0.0659. The number of rotatable bonds is 4. The predicted octanol–water partition coefficient (Wildman–Crippen LogP) is 3.11. The second kappa shape index (κ2) is 7.74. The molecule has 8 nitrogen and oxygen atoms in total. The van der Waals surface area contributed by atoms with Crippen LogP contribution in [-0.2, 0) is 11.8 Å². The molecule has 10 heteroatoms. The Kier molecular flexibility index (Phi) is 5.04. The third kappa shape index (κ3) is 3.73. The number of fused-ring (bicyclic) bond motifs is 1. The van der Waals surface area contributed by atoms with Crippen LogP contribution in [0.4, 0.5) is 14.7 Å². The fourth-order valence-electron chi connectivity index (χ4n) is 4.28. The highest BCUT2D eigenvalue weighted by atomic mass is 19.3. The van der Waals surface area contributed by atoms with Crippen LogP contribution in [0.15, 0.2) is 12.4 Å². The third-order valence-corrected chi connectivity index (χ3v) is 6.32. The molecular formula is C21H25F2N7O. The molecule has 0 radical (unpaired) electrons. The number of morpholine rings is 1. The van der Waals surface area contributed by atoms with Gasteiger partial charge in [0.1, 0.15) is 11.6 Å². The van der Waals surface area contributed by atoms with E-state index in [1.54, 1.807) is 10.9 Å². The van der Waals surface area contributed by atoms with Crippen molar-refractivity contribution < 1.29 is 13.5 Å². The lowest BCUT2D eigenvalue weighted by Crippen LogP contribution is -2.39. The van der Waals surface area contributed by atoms with Crippen molar-refractivity contribution in [1.82, 2.24) is 29.7 Å². The number of alkyl halides is 2. The summed E-state index contributed by atoms with van der Waals surface area (Å²) in [5.41, 5.74) is 4.49. The zero-order valence-corrected chi connectivity index (χ0v) is 17.8. The van der Waals surface area contributed by atoms with Crippen LogP contribution in [0.1, 0.15) is 47.5 Å². The van der Waals surface area contributed by atoms with Crippen LogP contribution in [0.25, 0.3) is 11.2 Å². The Bertz CT molecular complexity index is 1110. The van der Waals surface area contributed by atoms with Crippen molar-refractivity contribution in [3.8, 4) is 0 Å². The van der Waals surface area contributed by atoms with Crippen molar-refractivity contribution in [1.29, 1.82) is 0 Å². The van der Waals surface area contributed by atoms with Gasteiger partial charge in [0.05, 0.1) is 36.4 Å². The Labute approximate surface area is 178 Å². The number of hydrogen-bond acceptors (Lipinski definition) is 7. The van der Waals surface area contributed by atoms with Gasteiger partial charge in [-0.05, 0) is 26.7 Å². The number of hydrogen-bond donors (Lipinski definition) is 0. The summed E-state index contributed by atoms with van der Waals surface area (Å²) in [6.45, 7) is 5.55. The second-order valence-corrected chi connectivity index (χ2v) is 8.49. The minimum absolute atomic E-state index is 0.0465. The Hall–Kier alpha value is -2.75. The number of halogens is 2. The van der Waals surface area contributed by atoms with Crippen LogP contribution in [0, 0.1) is 19.8 Å². The molecule has 4 heterocycles. The normalized spacial score (nSPS) is 24.1. The zero-order valence-electron chi connectivity index (χ0n) is 17.8. The molecule has 0 amide bonds. The van der Waals surface area contributed by atoms with E-state index in [9.17, 15) is 8.78 Å². The van der Waals surface area contributed by atoms with Gasteiger partial charge in [-0.15, -0.1) is 0 Å². The van der Waals surface area contributed by atoms with E-state index in [2.05, 4.69) is 20.0 Å². The molecule has 2 fully saturated rings. The van der Waals surface area contributed by atoms with E-state index in [-0.39, 0.29) is 12.0 Å². The van der Waals surface area contributed by atoms with E-state index in [1.165, 1.54) is 0 Å². The first kappa shape index (κ1) is 20.2. The molecule has 31 heavy (non-hydrogen) atoms. The topological polar surface area (TPSA) is 81.9 Å². The van der Waals surface area contributed by atoms with Crippen LogP contribution >= 0.6 is 0 Å². The number of nitrogens with zero attached hydrogens (tertiary/aromatic N) is 7. The van der Waals surface area contributed by atoms with Gasteiger partial charge in [0, 0.05) is 37.2 Å². The summed E-state index contributed by atoms with van der Waals surface area (Å²) in [5, 5.41) is 4.23. The smallest absolute Gasteiger partial charge is 0.241 e. The summed E-state index contributed by atoms with van der Waals surface area (Å²) in [6, 6.07) is 0. The maximum atomic E-state index is 13.1. The van der Waals surface area contributed by atoms with E-state index < -0.39 is 12.3 Å². The van der Waals surface area contributed by atoms with Crippen LogP contribution in [-0.4, -0.2) is 55.8 Å². The highest BCUT2D eigenvalue weighted by Gasteiger charge is 2.39. The maximum Gasteiger partial charge on any atom is 0.241 e. The maximum absolute atomic E-state index is 13.1. The quantitative estimate of drug-likeness (QED) is 0.630. The predicted molar refractivity (Wildman–Crippen MR) is 110 cm³/mol. The van der Waals surface area contributed by atoms with Gasteiger partial charge in [0.2, 0.25) is 12.4 Å². The molecular weight excluding hydrogens is 404 g/mol. The van der Waals surface area contributed by atoms with Crippen molar-refractivity contribution in [3.05, 3.63) is 35.0 Å². The van der Waals surface area contributed by atoms with Gasteiger partial charge >= 0.3 is 0 Å². The summed E-state index contributed by atoms with van der Waals surface area (Å²) < 4.78 is 33.9. The molecule has 1 saturated carbocycles. The first-order chi connectivity index (χ1) is 14.9. The van der Waals surface area contributed by atoms with Crippen molar-refractivity contribution >= 4 is 17.1 Å². The molecule has 1 atom stereocenters. The number of aryl methyl sites for hydroxylation is 3. The molecule has 3 aromatic heterocycles. The van der Waals surface area contributed by atoms with Crippen molar-refractivity contribution in [2.75, 3.05) is 24.6 Å². The van der Waals surface area contributed by atoms with Crippen molar-refractivity contribution in [2.24, 2.45) is 13.0 Å². The molecule has 0 spiro atoms. The Morgan fingerprint density at radius 1 is 1.10 bits per heavy atom. The fraction of sp³-hybridized carbons (Fsp3) is 0.571. The zero-order chi connectivity index (χ0) is 21.7. The lowest BCUT2D eigenvalue weighted by Gasteiger charge is -2.36. The molecule has 164 valence electrons. The highest BCUT2D eigenvalue weighted by molar-refractivity contribution is 5.75.